The zero-order valence-electron chi connectivity index (χ0n) is 12.3. The summed E-state index contributed by atoms with van der Waals surface area (Å²) < 4.78 is 38.1. The molecule has 0 fully saturated rings. The van der Waals surface area contributed by atoms with Crippen molar-refractivity contribution >= 4 is 11.6 Å². The van der Waals surface area contributed by atoms with Crippen LogP contribution in [-0.2, 0) is 25.7 Å². The van der Waals surface area contributed by atoms with Crippen LogP contribution in [0.5, 0.6) is 5.75 Å². The van der Waals surface area contributed by atoms with E-state index < -0.39 is 17.6 Å². The highest BCUT2D eigenvalue weighted by molar-refractivity contribution is 6.32. The molecular weight excluding hydrogens is 347 g/mol. The molecule has 2 N–H and O–H groups in total. The summed E-state index contributed by atoms with van der Waals surface area (Å²) in [6.07, 6.45) is -4.46. The van der Waals surface area contributed by atoms with Crippen molar-refractivity contribution in [2.24, 2.45) is 0 Å². The molecule has 1 aromatic heterocycles. The van der Waals surface area contributed by atoms with Crippen LogP contribution in [0.4, 0.5) is 13.2 Å². The van der Waals surface area contributed by atoms with Gasteiger partial charge >= 0.3 is 6.18 Å². The summed E-state index contributed by atoms with van der Waals surface area (Å²) in [5.74, 6) is -1.31. The number of alkyl halides is 3. The second-order valence-corrected chi connectivity index (χ2v) is 5.95. The molecule has 128 valence electrons. The summed E-state index contributed by atoms with van der Waals surface area (Å²) >= 11 is 5.86. The van der Waals surface area contributed by atoms with Gasteiger partial charge in [0.15, 0.2) is 0 Å². The van der Waals surface area contributed by atoms with Gasteiger partial charge in [-0.3, -0.25) is 9.69 Å². The van der Waals surface area contributed by atoms with Crippen LogP contribution in [0.15, 0.2) is 23.0 Å². The third-order valence-electron chi connectivity index (χ3n) is 3.88. The molecule has 5 nitrogen and oxygen atoms in total. The van der Waals surface area contributed by atoms with E-state index in [9.17, 15) is 23.1 Å². The Morgan fingerprint density at radius 1 is 1.38 bits per heavy atom. The standard InChI is InChI=1S/C15H13ClF3N3O2/c16-10-3-1-2-8(12(10)23)6-22-5-4-11-9(7-22)13(24)21-14(20-11)15(17,18)19/h1-3,23H,4-7H2,(H,20,21,24). The fourth-order valence-electron chi connectivity index (χ4n) is 2.68. The van der Waals surface area contributed by atoms with E-state index in [0.717, 1.165) is 0 Å². The van der Waals surface area contributed by atoms with Crippen molar-refractivity contribution in [3.05, 3.63) is 56.2 Å². The van der Waals surface area contributed by atoms with Gasteiger partial charge in [0.1, 0.15) is 5.75 Å². The number of rotatable bonds is 2. The van der Waals surface area contributed by atoms with Gasteiger partial charge < -0.3 is 10.1 Å². The van der Waals surface area contributed by atoms with E-state index in [2.05, 4.69) is 4.98 Å². The maximum absolute atomic E-state index is 12.7. The average Bonchev–Trinajstić information content (AvgIpc) is 2.51. The lowest BCUT2D eigenvalue weighted by Gasteiger charge is -2.28. The Bertz CT molecular complexity index is 836. The highest BCUT2D eigenvalue weighted by Gasteiger charge is 2.36. The molecule has 0 bridgehead atoms. The van der Waals surface area contributed by atoms with Crippen molar-refractivity contribution in [2.75, 3.05) is 6.54 Å². The summed E-state index contributed by atoms with van der Waals surface area (Å²) in [7, 11) is 0. The van der Waals surface area contributed by atoms with Gasteiger partial charge in [-0.2, -0.15) is 13.2 Å². The lowest BCUT2D eigenvalue weighted by molar-refractivity contribution is -0.145. The van der Waals surface area contributed by atoms with Crippen molar-refractivity contribution in [3.63, 3.8) is 0 Å². The van der Waals surface area contributed by atoms with Gasteiger partial charge in [-0.05, 0) is 6.07 Å². The minimum absolute atomic E-state index is 0.0376. The average molecular weight is 360 g/mol. The summed E-state index contributed by atoms with van der Waals surface area (Å²) in [6.45, 7) is 0.904. The second-order valence-electron chi connectivity index (χ2n) is 5.55. The Hall–Kier alpha value is -2.06. The van der Waals surface area contributed by atoms with Crippen molar-refractivity contribution < 1.29 is 18.3 Å². The monoisotopic (exact) mass is 359 g/mol. The SMILES string of the molecule is O=c1[nH]c(C(F)(F)F)nc2c1CN(Cc1cccc(Cl)c1O)CC2. The minimum Gasteiger partial charge on any atom is -0.506 e. The summed E-state index contributed by atoms with van der Waals surface area (Å²) in [5.41, 5.74) is 0.183. The molecule has 1 aliphatic rings. The van der Waals surface area contributed by atoms with Crippen molar-refractivity contribution in [3.8, 4) is 5.75 Å². The molecule has 0 saturated carbocycles. The fraction of sp³-hybridized carbons (Fsp3) is 0.333. The maximum Gasteiger partial charge on any atom is 0.449 e. The normalized spacial score (nSPS) is 15.3. The van der Waals surface area contributed by atoms with Crippen LogP contribution in [0.3, 0.4) is 0 Å². The number of aromatic amines is 1. The Labute approximate surface area is 139 Å². The highest BCUT2D eigenvalue weighted by Crippen LogP contribution is 2.30. The number of nitrogens with one attached hydrogen (secondary N) is 1. The molecular formula is C15H13ClF3N3O2. The predicted octanol–water partition coefficient (Wildman–Crippen LogP) is 2.71. The number of halogens is 4. The number of aromatic nitrogens is 2. The van der Waals surface area contributed by atoms with Crippen molar-refractivity contribution in [1.82, 2.24) is 14.9 Å². The summed E-state index contributed by atoms with van der Waals surface area (Å²) in [5, 5.41) is 10.2. The first-order valence-corrected chi connectivity index (χ1v) is 7.51. The predicted molar refractivity (Wildman–Crippen MR) is 80.8 cm³/mol. The number of phenolic OH excluding ortho intramolecular Hbond substituents is 1. The van der Waals surface area contributed by atoms with Crippen LogP contribution < -0.4 is 5.56 Å². The summed E-state index contributed by atoms with van der Waals surface area (Å²) in [4.78, 5) is 19.1. The van der Waals surface area contributed by atoms with Gasteiger partial charge in [-0.25, -0.2) is 4.98 Å². The Balaban J connectivity index is 1.85. The molecule has 2 heterocycles. The van der Waals surface area contributed by atoms with E-state index in [4.69, 9.17) is 11.6 Å². The topological polar surface area (TPSA) is 69.2 Å². The van der Waals surface area contributed by atoms with Gasteiger partial charge in [0, 0.05) is 31.6 Å². The Morgan fingerprint density at radius 3 is 2.83 bits per heavy atom. The second kappa shape index (κ2) is 6.10. The number of fused-ring (bicyclic) bond motifs is 1. The maximum atomic E-state index is 12.7. The summed E-state index contributed by atoms with van der Waals surface area (Å²) in [6, 6.07) is 4.95. The Kier molecular flexibility index (Phi) is 4.27. The van der Waals surface area contributed by atoms with Gasteiger partial charge in [-0.1, -0.05) is 23.7 Å². The number of H-pyrrole nitrogens is 1. The van der Waals surface area contributed by atoms with Crippen LogP contribution in [0, 0.1) is 0 Å². The van der Waals surface area contributed by atoms with Crippen LogP contribution in [0.25, 0.3) is 0 Å². The zero-order valence-corrected chi connectivity index (χ0v) is 13.1. The molecule has 24 heavy (non-hydrogen) atoms. The number of aromatic hydroxyl groups is 1. The van der Waals surface area contributed by atoms with E-state index in [0.29, 0.717) is 18.7 Å². The van der Waals surface area contributed by atoms with Crippen LogP contribution in [-0.4, -0.2) is 26.5 Å². The van der Waals surface area contributed by atoms with Crippen molar-refractivity contribution in [2.45, 2.75) is 25.7 Å². The first kappa shape index (κ1) is 16.8. The number of phenols is 1. The molecule has 0 unspecified atom stereocenters. The van der Waals surface area contributed by atoms with Gasteiger partial charge in [-0.15, -0.1) is 0 Å². The van der Waals surface area contributed by atoms with E-state index in [1.807, 2.05) is 4.90 Å². The third kappa shape index (κ3) is 3.25. The minimum atomic E-state index is -4.68. The number of benzene rings is 1. The molecule has 9 heteroatoms. The highest BCUT2D eigenvalue weighted by atomic mass is 35.5. The van der Waals surface area contributed by atoms with E-state index >= 15 is 0 Å². The smallest absolute Gasteiger partial charge is 0.449 e. The Morgan fingerprint density at radius 2 is 2.12 bits per heavy atom. The first-order chi connectivity index (χ1) is 11.3. The van der Waals surface area contributed by atoms with Gasteiger partial charge in [0.25, 0.3) is 5.56 Å². The van der Waals surface area contributed by atoms with Crippen molar-refractivity contribution in [1.29, 1.82) is 0 Å². The van der Waals surface area contributed by atoms with E-state index in [1.165, 1.54) is 0 Å². The lowest BCUT2D eigenvalue weighted by atomic mass is 10.1. The zero-order chi connectivity index (χ0) is 17.5. The van der Waals surface area contributed by atoms with Gasteiger partial charge in [0.05, 0.1) is 16.3 Å². The molecule has 3 rings (SSSR count). The molecule has 0 saturated heterocycles. The van der Waals surface area contributed by atoms with Crippen LogP contribution in [0.2, 0.25) is 5.02 Å². The van der Waals surface area contributed by atoms with Crippen LogP contribution >= 0.6 is 11.6 Å². The number of nitrogens with zero attached hydrogens (tertiary/aromatic N) is 2. The quantitative estimate of drug-likeness (QED) is 0.865. The first-order valence-electron chi connectivity index (χ1n) is 7.13. The third-order valence-corrected chi connectivity index (χ3v) is 4.19. The molecule has 0 spiro atoms. The molecule has 2 aromatic rings. The molecule has 0 radical (unpaired) electrons. The molecule has 1 aliphatic heterocycles. The molecule has 0 amide bonds. The molecule has 0 aliphatic carbocycles. The molecule has 1 aromatic carbocycles. The molecule has 0 atom stereocenters. The van der Waals surface area contributed by atoms with Crippen LogP contribution in [0.1, 0.15) is 22.6 Å². The number of hydrogen-bond donors (Lipinski definition) is 2. The largest absolute Gasteiger partial charge is 0.506 e. The van der Waals surface area contributed by atoms with E-state index in [1.54, 1.807) is 23.2 Å². The van der Waals surface area contributed by atoms with E-state index in [-0.39, 0.29) is 35.0 Å². The number of hydrogen-bond acceptors (Lipinski definition) is 4. The fourth-order valence-corrected chi connectivity index (χ4v) is 2.87. The number of para-hydroxylation sites is 1. The van der Waals surface area contributed by atoms with Gasteiger partial charge in [0.2, 0.25) is 5.82 Å². The lowest BCUT2D eigenvalue weighted by Crippen LogP contribution is -2.36.